The van der Waals surface area contributed by atoms with Gasteiger partial charge in [-0.15, -0.1) is 0 Å². The molecule has 4 aromatic rings. The molecule has 1 atom stereocenters. The monoisotopic (exact) mass is 524 g/mol. The van der Waals surface area contributed by atoms with Gasteiger partial charge in [0.1, 0.15) is 18.3 Å². The van der Waals surface area contributed by atoms with Crippen molar-refractivity contribution in [1.82, 2.24) is 4.57 Å². The van der Waals surface area contributed by atoms with Crippen molar-refractivity contribution in [3.8, 4) is 5.75 Å². The van der Waals surface area contributed by atoms with Gasteiger partial charge in [0.15, 0.2) is 11.0 Å². The van der Waals surface area contributed by atoms with Gasteiger partial charge in [0.25, 0.3) is 0 Å². The SMILES string of the molecule is Brc1ccccc1C[n+]1cn(C2CCc3cc4c(cc32)OCC4)c2ccccc21.[Br-]. The average molecular weight is 526 g/mol. The van der Waals surface area contributed by atoms with Gasteiger partial charge in [0.2, 0.25) is 6.33 Å². The van der Waals surface area contributed by atoms with Crippen molar-refractivity contribution in [2.75, 3.05) is 6.61 Å². The van der Waals surface area contributed by atoms with Crippen molar-refractivity contribution in [2.45, 2.75) is 31.8 Å². The molecule has 30 heavy (non-hydrogen) atoms. The van der Waals surface area contributed by atoms with Crippen LogP contribution in [0.25, 0.3) is 11.0 Å². The van der Waals surface area contributed by atoms with Crippen molar-refractivity contribution >= 4 is 27.0 Å². The third kappa shape index (κ3) is 3.19. The summed E-state index contributed by atoms with van der Waals surface area (Å²) in [6, 6.07) is 22.3. The Morgan fingerprint density at radius 3 is 2.73 bits per heavy atom. The van der Waals surface area contributed by atoms with Gasteiger partial charge in [-0.1, -0.05) is 52.3 Å². The van der Waals surface area contributed by atoms with Crippen LogP contribution in [-0.4, -0.2) is 11.2 Å². The van der Waals surface area contributed by atoms with Gasteiger partial charge in [-0.2, -0.15) is 0 Å². The fraction of sp³-hybridized carbons (Fsp3) is 0.240. The van der Waals surface area contributed by atoms with E-state index in [-0.39, 0.29) is 17.0 Å². The molecule has 1 aliphatic carbocycles. The lowest BCUT2D eigenvalue weighted by molar-refractivity contribution is -0.663. The van der Waals surface area contributed by atoms with E-state index in [2.05, 4.69) is 92.1 Å². The Balaban J connectivity index is 0.00000193. The number of hydrogen-bond donors (Lipinski definition) is 0. The average Bonchev–Trinajstić information content (AvgIpc) is 3.45. The summed E-state index contributed by atoms with van der Waals surface area (Å²) in [5, 5.41) is 0. The highest BCUT2D eigenvalue weighted by atomic mass is 79.9. The molecular weight excluding hydrogens is 504 g/mol. The molecule has 0 spiro atoms. The van der Waals surface area contributed by atoms with Crippen LogP contribution in [0.3, 0.4) is 0 Å². The molecule has 1 aliphatic heterocycles. The quantitative estimate of drug-likeness (QED) is 0.375. The number of benzene rings is 3. The first-order chi connectivity index (χ1) is 14.3. The van der Waals surface area contributed by atoms with E-state index < -0.39 is 0 Å². The topological polar surface area (TPSA) is 18.0 Å². The van der Waals surface area contributed by atoms with Gasteiger partial charge < -0.3 is 21.7 Å². The van der Waals surface area contributed by atoms with Crippen molar-refractivity contribution in [2.24, 2.45) is 0 Å². The molecule has 1 aromatic heterocycles. The molecule has 0 N–H and O–H groups in total. The maximum absolute atomic E-state index is 5.87. The zero-order valence-corrected chi connectivity index (χ0v) is 19.7. The van der Waals surface area contributed by atoms with Gasteiger partial charge in [0.05, 0.1) is 6.61 Å². The minimum atomic E-state index is 0. The Labute approximate surface area is 195 Å². The fourth-order valence-corrected chi connectivity index (χ4v) is 5.35. The number of imidazole rings is 1. The van der Waals surface area contributed by atoms with E-state index in [0.29, 0.717) is 6.04 Å². The highest BCUT2D eigenvalue weighted by molar-refractivity contribution is 9.10. The van der Waals surface area contributed by atoms with E-state index in [1.54, 1.807) is 0 Å². The standard InChI is InChI=1S/C25H22BrN2O.BrH/c26-21-6-2-1-5-19(21)15-27-16-28(24-8-4-3-7-23(24)27)22-10-9-17-13-18-11-12-29-25(18)14-20(17)22;/h1-8,13-14,16,22H,9-12,15H2;1H/q+1;/p-1. The van der Waals surface area contributed by atoms with Crippen molar-refractivity contribution in [3.63, 3.8) is 0 Å². The second kappa shape index (κ2) is 7.86. The lowest BCUT2D eigenvalue weighted by Gasteiger charge is -2.10. The van der Waals surface area contributed by atoms with Crippen molar-refractivity contribution in [1.29, 1.82) is 0 Å². The second-order valence-electron chi connectivity index (χ2n) is 8.04. The normalized spacial score (nSPS) is 16.8. The molecule has 2 heterocycles. The molecule has 0 amide bonds. The second-order valence-corrected chi connectivity index (χ2v) is 8.90. The third-order valence-electron chi connectivity index (χ3n) is 6.36. The molecule has 0 radical (unpaired) electrons. The predicted molar refractivity (Wildman–Crippen MR) is 117 cm³/mol. The first-order valence-corrected chi connectivity index (χ1v) is 11.1. The lowest BCUT2D eigenvalue weighted by atomic mass is 10.0. The zero-order chi connectivity index (χ0) is 19.4. The van der Waals surface area contributed by atoms with Crippen LogP contribution in [0.1, 0.15) is 34.7 Å². The molecule has 2 aliphatic rings. The molecule has 152 valence electrons. The van der Waals surface area contributed by atoms with Crippen molar-refractivity contribution in [3.05, 3.63) is 93.7 Å². The molecule has 5 heteroatoms. The van der Waals surface area contributed by atoms with Crippen LogP contribution in [0.15, 0.2) is 71.5 Å². The highest BCUT2D eigenvalue weighted by Gasteiger charge is 2.32. The number of fused-ring (bicyclic) bond motifs is 3. The smallest absolute Gasteiger partial charge is 0.245 e. The number of ether oxygens (including phenoxy) is 1. The molecule has 3 aromatic carbocycles. The van der Waals surface area contributed by atoms with Gasteiger partial charge in [0, 0.05) is 22.0 Å². The number of nitrogens with zero attached hydrogens (tertiary/aromatic N) is 2. The summed E-state index contributed by atoms with van der Waals surface area (Å²) in [7, 11) is 0. The van der Waals surface area contributed by atoms with E-state index >= 15 is 0 Å². The van der Waals surface area contributed by atoms with Crippen LogP contribution in [-0.2, 0) is 19.4 Å². The Bertz CT molecular complexity index is 1250. The number of rotatable bonds is 3. The van der Waals surface area contributed by atoms with Gasteiger partial charge in [-0.25, -0.2) is 9.13 Å². The third-order valence-corrected chi connectivity index (χ3v) is 7.14. The first kappa shape index (κ1) is 19.8. The summed E-state index contributed by atoms with van der Waals surface area (Å²) in [6.07, 6.45) is 5.64. The molecule has 0 fully saturated rings. The number of para-hydroxylation sites is 2. The molecule has 3 nitrogen and oxygen atoms in total. The molecule has 1 unspecified atom stereocenters. The van der Waals surface area contributed by atoms with Crippen LogP contribution in [0, 0.1) is 0 Å². The summed E-state index contributed by atoms with van der Waals surface area (Å²) in [6.45, 7) is 1.67. The summed E-state index contributed by atoms with van der Waals surface area (Å²) in [5.74, 6) is 1.09. The van der Waals surface area contributed by atoms with Crippen LogP contribution < -0.4 is 26.3 Å². The molecule has 6 rings (SSSR count). The molecule has 0 saturated carbocycles. The minimum absolute atomic E-state index is 0. The van der Waals surface area contributed by atoms with Crippen LogP contribution in [0.4, 0.5) is 0 Å². The maximum Gasteiger partial charge on any atom is 0.245 e. The van der Waals surface area contributed by atoms with Crippen LogP contribution in [0.5, 0.6) is 5.75 Å². The largest absolute Gasteiger partial charge is 1.00 e. The van der Waals surface area contributed by atoms with E-state index in [1.807, 2.05) is 0 Å². The van der Waals surface area contributed by atoms with Gasteiger partial charge in [-0.3, -0.25) is 0 Å². The van der Waals surface area contributed by atoms with Gasteiger partial charge >= 0.3 is 0 Å². The van der Waals surface area contributed by atoms with Gasteiger partial charge in [-0.05, 0) is 48.2 Å². The van der Waals surface area contributed by atoms with E-state index in [0.717, 1.165) is 42.6 Å². The van der Waals surface area contributed by atoms with E-state index in [9.17, 15) is 0 Å². The lowest BCUT2D eigenvalue weighted by Crippen LogP contribution is -3.00. The zero-order valence-electron chi connectivity index (χ0n) is 16.5. The number of hydrogen-bond acceptors (Lipinski definition) is 1. The number of aromatic nitrogens is 2. The highest BCUT2D eigenvalue weighted by Crippen LogP contribution is 2.40. The Hall–Kier alpha value is -2.11. The first-order valence-electron chi connectivity index (χ1n) is 10.3. The molecule has 0 bridgehead atoms. The number of aryl methyl sites for hydroxylation is 1. The van der Waals surface area contributed by atoms with Crippen LogP contribution >= 0.6 is 15.9 Å². The maximum atomic E-state index is 5.87. The Kier molecular flexibility index (Phi) is 5.19. The van der Waals surface area contributed by atoms with Crippen molar-refractivity contribution < 1.29 is 26.3 Å². The van der Waals surface area contributed by atoms with E-state index in [4.69, 9.17) is 4.74 Å². The summed E-state index contributed by atoms with van der Waals surface area (Å²) < 4.78 is 11.9. The fourth-order valence-electron chi connectivity index (χ4n) is 4.94. The molecule has 0 saturated heterocycles. The van der Waals surface area contributed by atoms with Crippen LogP contribution in [0.2, 0.25) is 0 Å². The Morgan fingerprint density at radius 2 is 1.83 bits per heavy atom. The summed E-state index contributed by atoms with van der Waals surface area (Å²) in [5.41, 5.74) is 8.16. The Morgan fingerprint density at radius 1 is 1.00 bits per heavy atom. The van der Waals surface area contributed by atoms with E-state index in [1.165, 1.54) is 33.3 Å². The summed E-state index contributed by atoms with van der Waals surface area (Å²) >= 11 is 3.71. The molecular formula is C25H22Br2N2O. The summed E-state index contributed by atoms with van der Waals surface area (Å²) in [4.78, 5) is 0. The number of halogens is 2. The minimum Gasteiger partial charge on any atom is -1.00 e. The predicted octanol–water partition coefficient (Wildman–Crippen LogP) is 2.21.